The molecule has 3 aromatic carbocycles. The van der Waals surface area contributed by atoms with Crippen molar-refractivity contribution >= 4 is 5.57 Å². The zero-order chi connectivity index (χ0) is 25.8. The van der Waals surface area contributed by atoms with E-state index in [0.29, 0.717) is 23.3 Å². The standard InChI is InChI=1S/C34H37FO2/c1-22-13-16-34(22)17-14-24-8-9-26(20-31(24)34)37-21-23-7-11-27(29-19-25(36-4)10-12-32(29)35)28(18-23)30-6-5-15-33(30,2)3/h6-12,18-20,22H,5,13-17,21H2,1-4H3/t22-,34-/m0/s1. The van der Waals surface area contributed by atoms with E-state index in [1.54, 1.807) is 19.2 Å². The first kappa shape index (κ1) is 24.3. The minimum Gasteiger partial charge on any atom is -0.497 e. The quantitative estimate of drug-likeness (QED) is 0.339. The largest absolute Gasteiger partial charge is 0.497 e. The maximum absolute atomic E-state index is 15.1. The number of rotatable bonds is 6. The van der Waals surface area contributed by atoms with Crippen LogP contribution in [0.1, 0.15) is 75.1 Å². The van der Waals surface area contributed by atoms with Crippen LogP contribution in [-0.4, -0.2) is 7.11 Å². The monoisotopic (exact) mass is 496 g/mol. The maximum atomic E-state index is 15.1. The van der Waals surface area contributed by atoms with Crippen LogP contribution in [0.25, 0.3) is 16.7 Å². The maximum Gasteiger partial charge on any atom is 0.131 e. The first-order valence-corrected chi connectivity index (χ1v) is 13.7. The van der Waals surface area contributed by atoms with Gasteiger partial charge in [0.2, 0.25) is 0 Å². The Balaban J connectivity index is 1.33. The molecule has 0 aliphatic heterocycles. The fourth-order valence-corrected chi connectivity index (χ4v) is 6.98. The number of methoxy groups -OCH3 is 1. The molecule has 1 fully saturated rings. The van der Waals surface area contributed by atoms with E-state index in [9.17, 15) is 0 Å². The summed E-state index contributed by atoms with van der Waals surface area (Å²) in [6.45, 7) is 7.45. The molecular formula is C34H37FO2. The SMILES string of the molecule is COc1ccc(F)c(-c2ccc(COc3ccc4c(c3)[C@]3(CC4)CC[C@@H]3C)cc2C2=CCCC2(C)C)c1. The third-order valence-electron chi connectivity index (χ3n) is 9.52. The Morgan fingerprint density at radius 2 is 1.73 bits per heavy atom. The Hall–Kier alpha value is -3.07. The van der Waals surface area contributed by atoms with E-state index in [2.05, 4.69) is 63.2 Å². The second-order valence-electron chi connectivity index (χ2n) is 12.0. The zero-order valence-electron chi connectivity index (χ0n) is 22.5. The molecule has 1 saturated carbocycles. The molecule has 6 rings (SSSR count). The average Bonchev–Trinajstić information content (AvgIpc) is 3.47. The molecule has 2 nitrogen and oxygen atoms in total. The van der Waals surface area contributed by atoms with Crippen molar-refractivity contribution in [3.63, 3.8) is 0 Å². The number of hydrogen-bond donors (Lipinski definition) is 0. The van der Waals surface area contributed by atoms with Crippen LogP contribution in [0, 0.1) is 17.2 Å². The molecule has 3 aliphatic rings. The van der Waals surface area contributed by atoms with E-state index in [-0.39, 0.29) is 11.2 Å². The number of allylic oxidation sites excluding steroid dienone is 2. The van der Waals surface area contributed by atoms with Crippen molar-refractivity contribution in [1.29, 1.82) is 0 Å². The molecule has 0 aromatic heterocycles. The highest BCUT2D eigenvalue weighted by atomic mass is 19.1. The van der Waals surface area contributed by atoms with Gasteiger partial charge in [0.25, 0.3) is 0 Å². The Labute approximate surface area is 220 Å². The van der Waals surface area contributed by atoms with Crippen LogP contribution in [0.3, 0.4) is 0 Å². The Morgan fingerprint density at radius 3 is 2.43 bits per heavy atom. The lowest BCUT2D eigenvalue weighted by molar-refractivity contribution is 0.138. The summed E-state index contributed by atoms with van der Waals surface area (Å²) in [6, 6.07) is 18.0. The summed E-state index contributed by atoms with van der Waals surface area (Å²) in [5.41, 5.74) is 8.38. The molecule has 0 amide bonds. The van der Waals surface area contributed by atoms with Gasteiger partial charge in [0.15, 0.2) is 0 Å². The Kier molecular flexibility index (Phi) is 5.93. The lowest BCUT2D eigenvalue weighted by Gasteiger charge is -2.46. The van der Waals surface area contributed by atoms with E-state index in [0.717, 1.165) is 41.2 Å². The molecule has 3 aromatic rings. The Bertz CT molecular complexity index is 1380. The first-order valence-electron chi connectivity index (χ1n) is 13.7. The molecule has 0 N–H and O–H groups in total. The number of aryl methyl sites for hydroxylation is 1. The van der Waals surface area contributed by atoms with Crippen molar-refractivity contribution < 1.29 is 13.9 Å². The molecule has 1 spiro atoms. The van der Waals surface area contributed by atoms with Gasteiger partial charge in [-0.15, -0.1) is 0 Å². The molecule has 0 bridgehead atoms. The fourth-order valence-electron chi connectivity index (χ4n) is 6.98. The molecule has 0 saturated heterocycles. The molecule has 37 heavy (non-hydrogen) atoms. The lowest BCUT2D eigenvalue weighted by Crippen LogP contribution is -2.40. The third-order valence-corrected chi connectivity index (χ3v) is 9.52. The Morgan fingerprint density at radius 1 is 0.892 bits per heavy atom. The summed E-state index contributed by atoms with van der Waals surface area (Å²) in [4.78, 5) is 0. The number of halogens is 1. The van der Waals surface area contributed by atoms with Gasteiger partial charge < -0.3 is 9.47 Å². The highest BCUT2D eigenvalue weighted by molar-refractivity contribution is 5.85. The van der Waals surface area contributed by atoms with Crippen molar-refractivity contribution in [2.75, 3.05) is 7.11 Å². The zero-order valence-corrected chi connectivity index (χ0v) is 22.5. The number of ether oxygens (including phenoxy) is 2. The van der Waals surface area contributed by atoms with Crippen molar-refractivity contribution in [2.24, 2.45) is 11.3 Å². The van der Waals surface area contributed by atoms with E-state index in [1.165, 1.54) is 48.4 Å². The number of fused-ring (bicyclic) bond motifs is 2. The summed E-state index contributed by atoms with van der Waals surface area (Å²) in [6.07, 6.45) is 9.57. The summed E-state index contributed by atoms with van der Waals surface area (Å²) >= 11 is 0. The molecule has 3 heteroatoms. The summed E-state index contributed by atoms with van der Waals surface area (Å²) in [5.74, 6) is 2.13. The number of benzene rings is 3. The highest BCUT2D eigenvalue weighted by Gasteiger charge is 2.49. The van der Waals surface area contributed by atoms with E-state index in [4.69, 9.17) is 9.47 Å². The summed E-state index contributed by atoms with van der Waals surface area (Å²) < 4.78 is 26.8. The molecule has 3 aliphatic carbocycles. The second-order valence-corrected chi connectivity index (χ2v) is 12.0. The van der Waals surface area contributed by atoms with E-state index in [1.807, 2.05) is 0 Å². The fraction of sp³-hybridized carbons (Fsp3) is 0.412. The van der Waals surface area contributed by atoms with Gasteiger partial charge >= 0.3 is 0 Å². The normalized spacial score (nSPS) is 23.5. The van der Waals surface area contributed by atoms with Crippen LogP contribution < -0.4 is 9.47 Å². The van der Waals surface area contributed by atoms with Crippen LogP contribution >= 0.6 is 0 Å². The van der Waals surface area contributed by atoms with Gasteiger partial charge in [-0.2, -0.15) is 0 Å². The van der Waals surface area contributed by atoms with Gasteiger partial charge in [0, 0.05) is 5.56 Å². The molecular weight excluding hydrogens is 459 g/mol. The third kappa shape index (κ3) is 4.07. The van der Waals surface area contributed by atoms with Crippen LogP contribution in [0.4, 0.5) is 4.39 Å². The molecule has 0 heterocycles. The molecule has 0 radical (unpaired) electrons. The van der Waals surface area contributed by atoms with Gasteiger partial charge in [0.1, 0.15) is 23.9 Å². The van der Waals surface area contributed by atoms with Crippen LogP contribution in [-0.2, 0) is 18.4 Å². The average molecular weight is 497 g/mol. The van der Waals surface area contributed by atoms with E-state index >= 15 is 4.39 Å². The van der Waals surface area contributed by atoms with Crippen molar-refractivity contribution in [3.8, 4) is 22.6 Å². The van der Waals surface area contributed by atoms with Crippen LogP contribution in [0.15, 0.2) is 60.7 Å². The summed E-state index contributed by atoms with van der Waals surface area (Å²) in [5, 5.41) is 0. The van der Waals surface area contributed by atoms with Gasteiger partial charge in [-0.1, -0.05) is 45.0 Å². The van der Waals surface area contributed by atoms with Crippen molar-refractivity contribution in [3.05, 3.63) is 88.7 Å². The molecule has 0 unspecified atom stereocenters. The lowest BCUT2D eigenvalue weighted by atomic mass is 9.58. The van der Waals surface area contributed by atoms with Crippen LogP contribution in [0.5, 0.6) is 11.5 Å². The van der Waals surface area contributed by atoms with Crippen molar-refractivity contribution in [1.82, 2.24) is 0 Å². The van der Waals surface area contributed by atoms with Gasteiger partial charge in [-0.3, -0.25) is 0 Å². The number of hydrogen-bond acceptors (Lipinski definition) is 2. The molecule has 2 atom stereocenters. The minimum absolute atomic E-state index is 0.0390. The van der Waals surface area contributed by atoms with Gasteiger partial charge in [-0.25, -0.2) is 4.39 Å². The minimum atomic E-state index is -0.236. The predicted molar refractivity (Wildman–Crippen MR) is 149 cm³/mol. The van der Waals surface area contributed by atoms with Crippen molar-refractivity contribution in [2.45, 2.75) is 71.3 Å². The van der Waals surface area contributed by atoms with Gasteiger partial charge in [0.05, 0.1) is 7.11 Å². The predicted octanol–water partition coefficient (Wildman–Crippen LogP) is 8.90. The second kappa shape index (κ2) is 9.04. The summed E-state index contributed by atoms with van der Waals surface area (Å²) in [7, 11) is 1.62. The van der Waals surface area contributed by atoms with Gasteiger partial charge in [-0.05, 0) is 125 Å². The van der Waals surface area contributed by atoms with Crippen LogP contribution in [0.2, 0.25) is 0 Å². The topological polar surface area (TPSA) is 18.5 Å². The first-order chi connectivity index (χ1) is 17.8. The smallest absolute Gasteiger partial charge is 0.131 e. The van der Waals surface area contributed by atoms with E-state index < -0.39 is 0 Å². The highest BCUT2D eigenvalue weighted by Crippen LogP contribution is 2.56. The molecule has 192 valence electrons.